The highest BCUT2D eigenvalue weighted by Gasteiger charge is 2.10. The lowest BCUT2D eigenvalue weighted by Crippen LogP contribution is -2.02. The predicted molar refractivity (Wildman–Crippen MR) is 87.7 cm³/mol. The van der Waals surface area contributed by atoms with Gasteiger partial charge < -0.3 is 9.72 Å². The van der Waals surface area contributed by atoms with E-state index in [1.165, 1.54) is 11.8 Å². The average molecular weight is 339 g/mol. The predicted octanol–water partition coefficient (Wildman–Crippen LogP) is 4.62. The van der Waals surface area contributed by atoms with Crippen LogP contribution >= 0.6 is 35.0 Å². The van der Waals surface area contributed by atoms with E-state index >= 15 is 0 Å². The third kappa shape index (κ3) is 3.10. The Hall–Kier alpha value is -1.43. The Balaban J connectivity index is 2.01. The van der Waals surface area contributed by atoms with E-state index in [-0.39, 0.29) is 0 Å². The first kappa shape index (κ1) is 14.5. The van der Waals surface area contributed by atoms with Gasteiger partial charge in [-0.3, -0.25) is 0 Å². The minimum atomic E-state index is 0.531. The first-order valence-corrected chi connectivity index (χ1v) is 7.95. The van der Waals surface area contributed by atoms with Gasteiger partial charge in [0.1, 0.15) is 10.8 Å². The fourth-order valence-electron chi connectivity index (χ4n) is 1.89. The van der Waals surface area contributed by atoms with Gasteiger partial charge in [-0.1, -0.05) is 35.0 Å². The van der Waals surface area contributed by atoms with Crippen molar-refractivity contribution in [1.82, 2.24) is 14.4 Å². The molecule has 1 aromatic carbocycles. The van der Waals surface area contributed by atoms with Gasteiger partial charge >= 0.3 is 0 Å². The summed E-state index contributed by atoms with van der Waals surface area (Å²) in [5.41, 5.74) is 0.813. The first-order valence-electron chi connectivity index (χ1n) is 6.38. The quantitative estimate of drug-likeness (QED) is 0.753. The van der Waals surface area contributed by atoms with Crippen molar-refractivity contribution < 1.29 is 0 Å². The Labute approximate surface area is 136 Å². The molecule has 0 unspecified atom stereocenters. The van der Waals surface area contributed by atoms with Crippen LogP contribution in [-0.4, -0.2) is 20.9 Å². The fraction of sp³-hybridized carbons (Fsp3) is 0.143. The van der Waals surface area contributed by atoms with Gasteiger partial charge in [0.15, 0.2) is 5.65 Å². The zero-order valence-corrected chi connectivity index (χ0v) is 13.5. The zero-order chi connectivity index (χ0) is 14.8. The number of aromatic nitrogens is 3. The number of nitrogens with zero attached hydrogens (tertiary/aromatic N) is 3. The van der Waals surface area contributed by atoms with Crippen LogP contribution in [0.1, 0.15) is 6.92 Å². The lowest BCUT2D eigenvalue weighted by molar-refractivity contribution is 1.01. The monoisotopic (exact) mass is 338 g/mol. The summed E-state index contributed by atoms with van der Waals surface area (Å²) in [6, 6.07) is 5.53. The summed E-state index contributed by atoms with van der Waals surface area (Å²) in [4.78, 5) is 9.92. The fourth-order valence-corrected chi connectivity index (χ4v) is 3.18. The molecule has 0 aliphatic rings. The maximum absolute atomic E-state index is 6.06. The SMILES string of the molecule is CCNc1cn2ccnc2c(Sc2ccc(Cl)c(Cl)c2)n1. The Morgan fingerprint density at radius 1 is 1.29 bits per heavy atom. The van der Waals surface area contributed by atoms with Gasteiger partial charge in [-0.2, -0.15) is 0 Å². The molecule has 3 aromatic rings. The largest absolute Gasteiger partial charge is 0.369 e. The molecule has 0 spiro atoms. The van der Waals surface area contributed by atoms with Crippen LogP contribution in [0.2, 0.25) is 10.0 Å². The highest BCUT2D eigenvalue weighted by molar-refractivity contribution is 7.99. The van der Waals surface area contributed by atoms with E-state index in [1.807, 2.05) is 35.9 Å². The molecule has 0 radical (unpaired) electrons. The normalized spacial score (nSPS) is 11.0. The van der Waals surface area contributed by atoms with Gasteiger partial charge in [0.25, 0.3) is 0 Å². The summed E-state index contributed by atoms with van der Waals surface area (Å²) in [6.45, 7) is 2.84. The van der Waals surface area contributed by atoms with Crippen molar-refractivity contribution in [2.45, 2.75) is 16.8 Å². The Morgan fingerprint density at radius 2 is 2.14 bits per heavy atom. The molecule has 1 N–H and O–H groups in total. The summed E-state index contributed by atoms with van der Waals surface area (Å²) < 4.78 is 1.95. The summed E-state index contributed by atoms with van der Waals surface area (Å²) in [6.07, 6.45) is 5.58. The smallest absolute Gasteiger partial charge is 0.170 e. The molecule has 0 bridgehead atoms. The number of anilines is 1. The van der Waals surface area contributed by atoms with Crippen molar-refractivity contribution in [2.24, 2.45) is 0 Å². The van der Waals surface area contributed by atoms with Gasteiger partial charge in [0.2, 0.25) is 0 Å². The minimum Gasteiger partial charge on any atom is -0.369 e. The highest BCUT2D eigenvalue weighted by atomic mass is 35.5. The van der Waals surface area contributed by atoms with E-state index in [1.54, 1.807) is 12.3 Å². The van der Waals surface area contributed by atoms with Gasteiger partial charge in [0, 0.05) is 23.8 Å². The third-order valence-corrected chi connectivity index (χ3v) is 4.50. The molecule has 108 valence electrons. The van der Waals surface area contributed by atoms with E-state index in [4.69, 9.17) is 23.2 Å². The molecule has 0 saturated heterocycles. The number of nitrogens with one attached hydrogen (secondary N) is 1. The molecule has 3 rings (SSSR count). The average Bonchev–Trinajstić information content (AvgIpc) is 2.92. The summed E-state index contributed by atoms with van der Waals surface area (Å²) in [5.74, 6) is 0.811. The first-order chi connectivity index (χ1) is 10.2. The lowest BCUT2D eigenvalue weighted by Gasteiger charge is -2.08. The second-order valence-corrected chi connectivity index (χ2v) is 6.17. The maximum atomic E-state index is 6.06. The zero-order valence-electron chi connectivity index (χ0n) is 11.2. The summed E-state index contributed by atoms with van der Waals surface area (Å²) in [5, 5.41) is 5.11. The molecule has 0 aliphatic heterocycles. The molecule has 2 aromatic heterocycles. The Morgan fingerprint density at radius 3 is 2.90 bits per heavy atom. The van der Waals surface area contributed by atoms with E-state index in [2.05, 4.69) is 15.3 Å². The second-order valence-electron chi connectivity index (χ2n) is 4.30. The van der Waals surface area contributed by atoms with Gasteiger partial charge in [-0.25, -0.2) is 9.97 Å². The number of hydrogen-bond acceptors (Lipinski definition) is 4. The van der Waals surface area contributed by atoms with Crippen LogP contribution in [0.3, 0.4) is 0 Å². The molecule has 0 saturated carbocycles. The molecule has 0 aliphatic carbocycles. The van der Waals surface area contributed by atoms with Crippen LogP contribution in [0.5, 0.6) is 0 Å². The number of rotatable bonds is 4. The standard InChI is InChI=1S/C14H12Cl2N4S/c1-2-17-12-8-20-6-5-18-13(20)14(19-12)21-9-3-4-10(15)11(16)7-9/h3-8,17H,2H2,1H3. The van der Waals surface area contributed by atoms with Crippen LogP contribution in [0.4, 0.5) is 5.82 Å². The van der Waals surface area contributed by atoms with Crippen molar-refractivity contribution in [3.05, 3.63) is 46.8 Å². The second kappa shape index (κ2) is 6.13. The molecular formula is C14H12Cl2N4S. The van der Waals surface area contributed by atoms with Crippen LogP contribution < -0.4 is 5.32 Å². The lowest BCUT2D eigenvalue weighted by atomic mass is 10.4. The van der Waals surface area contributed by atoms with Gasteiger partial charge in [-0.05, 0) is 25.1 Å². The Bertz CT molecular complexity index is 788. The molecule has 21 heavy (non-hydrogen) atoms. The molecule has 0 amide bonds. The van der Waals surface area contributed by atoms with Crippen molar-refractivity contribution in [3.8, 4) is 0 Å². The summed E-state index contributed by atoms with van der Waals surface area (Å²) in [7, 11) is 0. The van der Waals surface area contributed by atoms with Crippen LogP contribution in [0.25, 0.3) is 5.65 Å². The molecule has 0 atom stereocenters. The highest BCUT2D eigenvalue weighted by Crippen LogP contribution is 2.33. The summed E-state index contributed by atoms with van der Waals surface area (Å²) >= 11 is 13.5. The van der Waals surface area contributed by atoms with Crippen molar-refractivity contribution in [3.63, 3.8) is 0 Å². The van der Waals surface area contributed by atoms with Crippen LogP contribution in [0, 0.1) is 0 Å². The minimum absolute atomic E-state index is 0.531. The van der Waals surface area contributed by atoms with E-state index in [0.29, 0.717) is 10.0 Å². The topological polar surface area (TPSA) is 42.2 Å². The number of hydrogen-bond donors (Lipinski definition) is 1. The number of imidazole rings is 1. The maximum Gasteiger partial charge on any atom is 0.170 e. The van der Waals surface area contributed by atoms with Crippen molar-refractivity contribution in [1.29, 1.82) is 0 Å². The van der Waals surface area contributed by atoms with Crippen LogP contribution in [-0.2, 0) is 0 Å². The molecular weight excluding hydrogens is 327 g/mol. The molecule has 0 fully saturated rings. The third-order valence-electron chi connectivity index (χ3n) is 2.81. The number of halogens is 2. The van der Waals surface area contributed by atoms with Crippen molar-refractivity contribution >= 4 is 46.4 Å². The number of fused-ring (bicyclic) bond motifs is 1. The van der Waals surface area contributed by atoms with Gasteiger partial charge in [-0.15, -0.1) is 0 Å². The van der Waals surface area contributed by atoms with Crippen molar-refractivity contribution in [2.75, 3.05) is 11.9 Å². The van der Waals surface area contributed by atoms with E-state index in [9.17, 15) is 0 Å². The van der Waals surface area contributed by atoms with E-state index < -0.39 is 0 Å². The molecule has 2 heterocycles. The Kier molecular flexibility index (Phi) is 4.24. The van der Waals surface area contributed by atoms with E-state index in [0.717, 1.165) is 27.9 Å². The molecule has 4 nitrogen and oxygen atoms in total. The number of benzene rings is 1. The molecule has 7 heteroatoms. The van der Waals surface area contributed by atoms with Crippen LogP contribution in [0.15, 0.2) is 46.7 Å². The van der Waals surface area contributed by atoms with Gasteiger partial charge in [0.05, 0.1) is 16.2 Å².